The summed E-state index contributed by atoms with van der Waals surface area (Å²) in [6.45, 7) is 3.48. The molecule has 1 heterocycles. The molecule has 1 aliphatic carbocycles. The molecule has 1 aliphatic heterocycles. The first kappa shape index (κ1) is 9.47. The molecule has 1 unspecified atom stereocenters. The van der Waals surface area contributed by atoms with Crippen LogP contribution >= 0.6 is 0 Å². The summed E-state index contributed by atoms with van der Waals surface area (Å²) in [7, 11) is 0. The molecule has 0 radical (unpaired) electrons. The SMILES string of the molecule is NCC1CCN(C2CCCCC2)C1. The van der Waals surface area contributed by atoms with Crippen molar-refractivity contribution in [2.24, 2.45) is 11.7 Å². The number of nitrogens with two attached hydrogens (primary N) is 1. The highest BCUT2D eigenvalue weighted by molar-refractivity contribution is 4.83. The van der Waals surface area contributed by atoms with Crippen LogP contribution in [0.4, 0.5) is 0 Å². The second kappa shape index (κ2) is 4.43. The van der Waals surface area contributed by atoms with Gasteiger partial charge in [-0.05, 0) is 38.3 Å². The Hall–Kier alpha value is -0.0800. The van der Waals surface area contributed by atoms with Crippen molar-refractivity contribution in [1.29, 1.82) is 0 Å². The molecule has 0 aromatic carbocycles. The molecule has 76 valence electrons. The molecule has 0 aromatic heterocycles. The third-order valence-electron chi connectivity index (χ3n) is 3.74. The van der Waals surface area contributed by atoms with Gasteiger partial charge in [-0.15, -0.1) is 0 Å². The molecule has 13 heavy (non-hydrogen) atoms. The highest BCUT2D eigenvalue weighted by Crippen LogP contribution is 2.27. The minimum atomic E-state index is 0.793. The highest BCUT2D eigenvalue weighted by Gasteiger charge is 2.27. The Bertz CT molecular complexity index is 152. The lowest BCUT2D eigenvalue weighted by molar-refractivity contribution is 0.185. The summed E-state index contributed by atoms with van der Waals surface area (Å²) < 4.78 is 0. The first-order chi connectivity index (χ1) is 6.40. The maximum atomic E-state index is 5.70. The quantitative estimate of drug-likeness (QED) is 0.703. The number of rotatable bonds is 2. The lowest BCUT2D eigenvalue weighted by Crippen LogP contribution is -2.35. The maximum Gasteiger partial charge on any atom is 0.00953 e. The second-order valence-corrected chi connectivity index (χ2v) is 4.68. The van der Waals surface area contributed by atoms with Crippen LogP contribution in [-0.2, 0) is 0 Å². The summed E-state index contributed by atoms with van der Waals surface area (Å²) in [5, 5.41) is 0. The van der Waals surface area contributed by atoms with Crippen LogP contribution in [0.2, 0.25) is 0 Å². The van der Waals surface area contributed by atoms with Crippen molar-refractivity contribution in [3.63, 3.8) is 0 Å². The molecular weight excluding hydrogens is 160 g/mol. The summed E-state index contributed by atoms with van der Waals surface area (Å²) in [5.41, 5.74) is 5.70. The lowest BCUT2D eigenvalue weighted by Gasteiger charge is -2.31. The number of likely N-dealkylation sites (tertiary alicyclic amines) is 1. The fourth-order valence-electron chi connectivity index (χ4n) is 2.83. The molecule has 0 amide bonds. The van der Waals surface area contributed by atoms with Gasteiger partial charge in [0.1, 0.15) is 0 Å². The van der Waals surface area contributed by atoms with E-state index in [2.05, 4.69) is 4.90 Å². The molecule has 2 fully saturated rings. The van der Waals surface area contributed by atoms with E-state index in [1.54, 1.807) is 0 Å². The minimum Gasteiger partial charge on any atom is -0.330 e. The van der Waals surface area contributed by atoms with Gasteiger partial charge in [-0.2, -0.15) is 0 Å². The van der Waals surface area contributed by atoms with Gasteiger partial charge in [0.25, 0.3) is 0 Å². The summed E-state index contributed by atoms with van der Waals surface area (Å²) in [6.07, 6.45) is 8.59. The Morgan fingerprint density at radius 2 is 1.85 bits per heavy atom. The van der Waals surface area contributed by atoms with Crippen molar-refractivity contribution < 1.29 is 0 Å². The van der Waals surface area contributed by atoms with E-state index in [9.17, 15) is 0 Å². The molecule has 2 nitrogen and oxygen atoms in total. The third kappa shape index (κ3) is 2.23. The molecule has 1 saturated carbocycles. The van der Waals surface area contributed by atoms with Crippen LogP contribution < -0.4 is 5.73 Å². The van der Waals surface area contributed by atoms with Crippen LogP contribution in [-0.4, -0.2) is 30.6 Å². The van der Waals surface area contributed by atoms with Gasteiger partial charge in [-0.3, -0.25) is 0 Å². The molecule has 2 heteroatoms. The number of hydrogen-bond acceptors (Lipinski definition) is 2. The van der Waals surface area contributed by atoms with Crippen LogP contribution in [0.3, 0.4) is 0 Å². The Labute approximate surface area is 81.5 Å². The van der Waals surface area contributed by atoms with E-state index < -0.39 is 0 Å². The molecule has 1 saturated heterocycles. The van der Waals surface area contributed by atoms with Crippen molar-refractivity contribution in [1.82, 2.24) is 4.90 Å². The molecule has 0 aromatic rings. The maximum absolute atomic E-state index is 5.70. The van der Waals surface area contributed by atoms with E-state index in [1.807, 2.05) is 0 Å². The van der Waals surface area contributed by atoms with Gasteiger partial charge in [-0.25, -0.2) is 0 Å². The average molecular weight is 182 g/mol. The predicted molar refractivity (Wildman–Crippen MR) is 55.6 cm³/mol. The Kier molecular flexibility index (Phi) is 3.23. The van der Waals surface area contributed by atoms with E-state index in [0.29, 0.717) is 0 Å². The van der Waals surface area contributed by atoms with Gasteiger partial charge >= 0.3 is 0 Å². The molecule has 0 bridgehead atoms. The van der Waals surface area contributed by atoms with Crippen molar-refractivity contribution in [2.45, 2.75) is 44.6 Å². The Morgan fingerprint density at radius 1 is 1.08 bits per heavy atom. The lowest BCUT2D eigenvalue weighted by atomic mass is 9.94. The summed E-state index contributed by atoms with van der Waals surface area (Å²) in [6, 6.07) is 0.908. The first-order valence-electron chi connectivity index (χ1n) is 5.84. The molecule has 2 rings (SSSR count). The predicted octanol–water partition coefficient (Wildman–Crippen LogP) is 1.60. The van der Waals surface area contributed by atoms with Crippen LogP contribution in [0.15, 0.2) is 0 Å². The first-order valence-corrected chi connectivity index (χ1v) is 5.84. The van der Waals surface area contributed by atoms with Gasteiger partial charge in [0.2, 0.25) is 0 Å². The number of nitrogens with zero attached hydrogens (tertiary/aromatic N) is 1. The summed E-state index contributed by atoms with van der Waals surface area (Å²) in [4.78, 5) is 2.69. The van der Waals surface area contributed by atoms with E-state index in [0.717, 1.165) is 18.5 Å². The monoisotopic (exact) mass is 182 g/mol. The van der Waals surface area contributed by atoms with Gasteiger partial charge < -0.3 is 10.6 Å². The van der Waals surface area contributed by atoms with Crippen molar-refractivity contribution in [2.75, 3.05) is 19.6 Å². The normalized spacial score (nSPS) is 32.5. The average Bonchev–Trinajstić information content (AvgIpc) is 2.67. The van der Waals surface area contributed by atoms with E-state index in [4.69, 9.17) is 5.73 Å². The third-order valence-corrected chi connectivity index (χ3v) is 3.74. The number of hydrogen-bond donors (Lipinski definition) is 1. The van der Waals surface area contributed by atoms with Gasteiger partial charge in [0.15, 0.2) is 0 Å². The van der Waals surface area contributed by atoms with E-state index in [-0.39, 0.29) is 0 Å². The molecule has 2 N–H and O–H groups in total. The summed E-state index contributed by atoms with van der Waals surface area (Å²) >= 11 is 0. The van der Waals surface area contributed by atoms with Crippen molar-refractivity contribution >= 4 is 0 Å². The zero-order valence-corrected chi connectivity index (χ0v) is 8.54. The van der Waals surface area contributed by atoms with Gasteiger partial charge in [0.05, 0.1) is 0 Å². The molecular formula is C11H22N2. The van der Waals surface area contributed by atoms with E-state index >= 15 is 0 Å². The topological polar surface area (TPSA) is 29.3 Å². The van der Waals surface area contributed by atoms with Crippen molar-refractivity contribution in [3.8, 4) is 0 Å². The van der Waals surface area contributed by atoms with Crippen LogP contribution in [0.25, 0.3) is 0 Å². The van der Waals surface area contributed by atoms with Gasteiger partial charge in [0, 0.05) is 12.6 Å². The molecule has 1 atom stereocenters. The Balaban J connectivity index is 1.80. The molecule has 0 spiro atoms. The zero-order valence-electron chi connectivity index (χ0n) is 8.54. The summed E-state index contributed by atoms with van der Waals surface area (Å²) in [5.74, 6) is 0.793. The fraction of sp³-hybridized carbons (Fsp3) is 1.00. The van der Waals surface area contributed by atoms with Crippen LogP contribution in [0, 0.1) is 5.92 Å². The zero-order chi connectivity index (χ0) is 9.10. The van der Waals surface area contributed by atoms with Crippen LogP contribution in [0.1, 0.15) is 38.5 Å². The molecule has 2 aliphatic rings. The van der Waals surface area contributed by atoms with E-state index in [1.165, 1.54) is 51.6 Å². The largest absolute Gasteiger partial charge is 0.330 e. The fourth-order valence-corrected chi connectivity index (χ4v) is 2.83. The van der Waals surface area contributed by atoms with Crippen molar-refractivity contribution in [3.05, 3.63) is 0 Å². The Morgan fingerprint density at radius 3 is 2.46 bits per heavy atom. The smallest absolute Gasteiger partial charge is 0.00953 e. The minimum absolute atomic E-state index is 0.793. The van der Waals surface area contributed by atoms with Gasteiger partial charge in [-0.1, -0.05) is 19.3 Å². The highest BCUT2D eigenvalue weighted by atomic mass is 15.2. The second-order valence-electron chi connectivity index (χ2n) is 4.68. The van der Waals surface area contributed by atoms with Crippen LogP contribution in [0.5, 0.6) is 0 Å². The standard InChI is InChI=1S/C11H22N2/c12-8-10-6-7-13(9-10)11-4-2-1-3-5-11/h10-11H,1-9,12H2.